The van der Waals surface area contributed by atoms with Crippen molar-refractivity contribution in [1.82, 2.24) is 0 Å². The molecule has 0 aliphatic rings. The molecule has 20 heavy (non-hydrogen) atoms. The Morgan fingerprint density at radius 2 is 1.85 bits per heavy atom. The number of nitrogens with zero attached hydrogens (tertiary/aromatic N) is 1. The van der Waals surface area contributed by atoms with Crippen molar-refractivity contribution in [1.29, 1.82) is 0 Å². The zero-order valence-electron chi connectivity index (χ0n) is 11.8. The van der Waals surface area contributed by atoms with Gasteiger partial charge in [-0.1, -0.05) is 36.4 Å². The molecule has 0 amide bonds. The lowest BCUT2D eigenvalue weighted by atomic mass is 10.1. The van der Waals surface area contributed by atoms with Crippen LogP contribution in [0.4, 0.5) is 10.1 Å². The number of halogens is 1. The first-order chi connectivity index (χ1) is 9.72. The molecule has 2 rings (SSSR count). The van der Waals surface area contributed by atoms with Crippen molar-refractivity contribution in [3.05, 3.63) is 66.0 Å². The molecule has 3 heteroatoms. The minimum Gasteiger partial charge on any atom is -0.365 e. The summed E-state index contributed by atoms with van der Waals surface area (Å²) in [7, 11) is 0. The van der Waals surface area contributed by atoms with Crippen molar-refractivity contribution >= 4 is 5.69 Å². The van der Waals surface area contributed by atoms with Crippen molar-refractivity contribution in [2.75, 3.05) is 18.0 Å². The molecule has 0 bridgehead atoms. The van der Waals surface area contributed by atoms with E-state index in [-0.39, 0.29) is 11.9 Å². The summed E-state index contributed by atoms with van der Waals surface area (Å²) in [4.78, 5) is 2.20. The summed E-state index contributed by atoms with van der Waals surface area (Å²) >= 11 is 0. The Morgan fingerprint density at radius 1 is 1.10 bits per heavy atom. The van der Waals surface area contributed by atoms with Gasteiger partial charge >= 0.3 is 0 Å². The van der Waals surface area contributed by atoms with Crippen LogP contribution >= 0.6 is 0 Å². The summed E-state index contributed by atoms with van der Waals surface area (Å²) in [5.74, 6) is -0.208. The molecule has 1 atom stereocenters. The van der Waals surface area contributed by atoms with Crippen LogP contribution in [0.15, 0.2) is 54.6 Å². The Kier molecular flexibility index (Phi) is 5.13. The minimum absolute atomic E-state index is 0.185. The molecule has 0 saturated carbocycles. The molecule has 0 spiro atoms. The fraction of sp³-hybridized carbons (Fsp3) is 0.294. The Hall–Kier alpha value is -1.87. The second kappa shape index (κ2) is 7.06. The average Bonchev–Trinajstić information content (AvgIpc) is 2.48. The molecule has 2 aromatic rings. The van der Waals surface area contributed by atoms with Crippen LogP contribution in [0.1, 0.15) is 24.9 Å². The highest BCUT2D eigenvalue weighted by Gasteiger charge is 2.16. The molecule has 2 aromatic carbocycles. The Morgan fingerprint density at radius 3 is 2.50 bits per heavy atom. The lowest BCUT2D eigenvalue weighted by Gasteiger charge is -2.32. The summed E-state index contributed by atoms with van der Waals surface area (Å²) < 4.78 is 13.5. The van der Waals surface area contributed by atoms with Crippen LogP contribution in [-0.2, 0) is 0 Å². The van der Waals surface area contributed by atoms with E-state index in [0.29, 0.717) is 6.54 Å². The SMILES string of the molecule is CC(c1ccccc1)N(CCCN)c1cccc(F)c1. The molecule has 1 unspecified atom stereocenters. The minimum atomic E-state index is -0.208. The topological polar surface area (TPSA) is 29.3 Å². The van der Waals surface area contributed by atoms with Crippen molar-refractivity contribution in [2.24, 2.45) is 5.73 Å². The maximum absolute atomic E-state index is 13.5. The fourth-order valence-corrected chi connectivity index (χ4v) is 2.37. The van der Waals surface area contributed by atoms with E-state index in [2.05, 4.69) is 24.0 Å². The van der Waals surface area contributed by atoms with Gasteiger partial charge in [0.2, 0.25) is 0 Å². The van der Waals surface area contributed by atoms with E-state index >= 15 is 0 Å². The van der Waals surface area contributed by atoms with Crippen LogP contribution in [0.25, 0.3) is 0 Å². The zero-order valence-corrected chi connectivity index (χ0v) is 11.8. The molecular weight excluding hydrogens is 251 g/mol. The number of anilines is 1. The number of hydrogen-bond acceptors (Lipinski definition) is 2. The van der Waals surface area contributed by atoms with Gasteiger partial charge < -0.3 is 10.6 Å². The normalized spacial score (nSPS) is 12.2. The van der Waals surface area contributed by atoms with E-state index in [1.54, 1.807) is 12.1 Å². The first-order valence-electron chi connectivity index (χ1n) is 6.99. The largest absolute Gasteiger partial charge is 0.365 e. The van der Waals surface area contributed by atoms with E-state index in [4.69, 9.17) is 5.73 Å². The number of benzene rings is 2. The monoisotopic (exact) mass is 272 g/mol. The van der Waals surface area contributed by atoms with Gasteiger partial charge in [-0.15, -0.1) is 0 Å². The van der Waals surface area contributed by atoms with E-state index in [1.807, 2.05) is 24.3 Å². The van der Waals surface area contributed by atoms with E-state index in [1.165, 1.54) is 11.6 Å². The van der Waals surface area contributed by atoms with Gasteiger partial charge in [0.15, 0.2) is 0 Å². The van der Waals surface area contributed by atoms with Crippen LogP contribution in [0.3, 0.4) is 0 Å². The number of hydrogen-bond donors (Lipinski definition) is 1. The van der Waals surface area contributed by atoms with Gasteiger partial charge in [-0.2, -0.15) is 0 Å². The van der Waals surface area contributed by atoms with Crippen molar-refractivity contribution < 1.29 is 4.39 Å². The molecular formula is C17H21FN2. The lowest BCUT2D eigenvalue weighted by Crippen LogP contribution is -2.29. The van der Waals surface area contributed by atoms with Gasteiger partial charge in [-0.3, -0.25) is 0 Å². The first kappa shape index (κ1) is 14.5. The molecule has 0 radical (unpaired) electrons. The fourth-order valence-electron chi connectivity index (χ4n) is 2.37. The highest BCUT2D eigenvalue weighted by molar-refractivity contribution is 5.49. The van der Waals surface area contributed by atoms with E-state index in [9.17, 15) is 4.39 Å². The van der Waals surface area contributed by atoms with Gasteiger partial charge in [-0.05, 0) is 43.7 Å². The van der Waals surface area contributed by atoms with Gasteiger partial charge in [0.05, 0.1) is 6.04 Å². The molecule has 0 fully saturated rings. The van der Waals surface area contributed by atoms with Crippen molar-refractivity contribution in [2.45, 2.75) is 19.4 Å². The molecule has 0 saturated heterocycles. The third-order valence-electron chi connectivity index (χ3n) is 3.49. The zero-order chi connectivity index (χ0) is 14.4. The molecule has 0 aromatic heterocycles. The first-order valence-corrected chi connectivity index (χ1v) is 6.99. The van der Waals surface area contributed by atoms with Gasteiger partial charge in [-0.25, -0.2) is 4.39 Å². The maximum Gasteiger partial charge on any atom is 0.125 e. The number of nitrogens with two attached hydrogens (primary N) is 1. The third-order valence-corrected chi connectivity index (χ3v) is 3.49. The Bertz CT molecular complexity index is 528. The van der Waals surface area contributed by atoms with Crippen molar-refractivity contribution in [3.8, 4) is 0 Å². The molecule has 0 aliphatic heterocycles. The second-order valence-electron chi connectivity index (χ2n) is 4.90. The summed E-state index contributed by atoms with van der Waals surface area (Å²) in [6.07, 6.45) is 0.883. The quantitative estimate of drug-likeness (QED) is 0.868. The maximum atomic E-state index is 13.5. The van der Waals surface area contributed by atoms with Crippen LogP contribution in [0.2, 0.25) is 0 Å². The molecule has 2 nitrogen and oxygen atoms in total. The number of rotatable bonds is 6. The van der Waals surface area contributed by atoms with Gasteiger partial charge in [0.1, 0.15) is 5.82 Å². The molecule has 2 N–H and O–H groups in total. The summed E-state index contributed by atoms with van der Waals surface area (Å²) in [6, 6.07) is 17.2. The van der Waals surface area contributed by atoms with E-state index < -0.39 is 0 Å². The van der Waals surface area contributed by atoms with Gasteiger partial charge in [0, 0.05) is 12.2 Å². The van der Waals surface area contributed by atoms with Gasteiger partial charge in [0.25, 0.3) is 0 Å². The molecule has 106 valence electrons. The Balaban J connectivity index is 2.27. The second-order valence-corrected chi connectivity index (χ2v) is 4.90. The third kappa shape index (κ3) is 3.58. The predicted octanol–water partition coefficient (Wildman–Crippen LogP) is 3.74. The standard InChI is InChI=1S/C17H21FN2/c1-14(15-7-3-2-4-8-15)20(12-6-11-19)17-10-5-9-16(18)13-17/h2-5,7-10,13-14H,6,11-12,19H2,1H3. The molecule has 0 aliphatic carbocycles. The summed E-state index contributed by atoms with van der Waals surface area (Å²) in [5.41, 5.74) is 7.74. The lowest BCUT2D eigenvalue weighted by molar-refractivity contribution is 0.617. The smallest absolute Gasteiger partial charge is 0.125 e. The van der Waals surface area contributed by atoms with Crippen molar-refractivity contribution in [3.63, 3.8) is 0 Å². The van der Waals surface area contributed by atoms with Crippen LogP contribution in [0.5, 0.6) is 0 Å². The highest BCUT2D eigenvalue weighted by atomic mass is 19.1. The average molecular weight is 272 g/mol. The van der Waals surface area contributed by atoms with Crippen LogP contribution < -0.4 is 10.6 Å². The van der Waals surface area contributed by atoms with E-state index in [0.717, 1.165) is 18.7 Å². The Labute approximate surface area is 120 Å². The summed E-state index contributed by atoms with van der Waals surface area (Å²) in [6.45, 7) is 3.58. The molecule has 0 heterocycles. The van der Waals surface area contributed by atoms with Crippen LogP contribution in [0, 0.1) is 5.82 Å². The highest BCUT2D eigenvalue weighted by Crippen LogP contribution is 2.27. The summed E-state index contributed by atoms with van der Waals surface area (Å²) in [5, 5.41) is 0. The predicted molar refractivity (Wildman–Crippen MR) is 82.3 cm³/mol. The van der Waals surface area contributed by atoms with Crippen LogP contribution in [-0.4, -0.2) is 13.1 Å².